The summed E-state index contributed by atoms with van der Waals surface area (Å²) in [5.41, 5.74) is 0. The lowest BCUT2D eigenvalue weighted by Crippen LogP contribution is -2.30. The van der Waals surface area contributed by atoms with Gasteiger partial charge in [-0.15, -0.1) is 0 Å². The maximum atomic E-state index is 11.6. The third-order valence-electron chi connectivity index (χ3n) is 3.14. The number of para-hydroxylation sites is 1. The van der Waals surface area contributed by atoms with Gasteiger partial charge < -0.3 is 14.5 Å². The molecular weight excluding hydrogens is 228 g/mol. The van der Waals surface area contributed by atoms with Gasteiger partial charge in [0, 0.05) is 26.7 Å². The van der Waals surface area contributed by atoms with E-state index in [9.17, 15) is 4.79 Å². The maximum Gasteiger partial charge on any atom is 0.319 e. The Bertz CT molecular complexity index is 381. The van der Waals surface area contributed by atoms with Crippen molar-refractivity contribution in [1.29, 1.82) is 0 Å². The van der Waals surface area contributed by atoms with E-state index in [1.54, 1.807) is 4.90 Å². The van der Waals surface area contributed by atoms with Crippen molar-refractivity contribution in [3.05, 3.63) is 30.3 Å². The van der Waals surface area contributed by atoms with Crippen molar-refractivity contribution in [1.82, 2.24) is 9.80 Å². The normalized spacial score (nSPS) is 15.3. The molecule has 1 heterocycles. The summed E-state index contributed by atoms with van der Waals surface area (Å²) in [7, 11) is 1.85. The summed E-state index contributed by atoms with van der Waals surface area (Å²) < 4.78 is 5.60. The molecule has 98 valence electrons. The van der Waals surface area contributed by atoms with Gasteiger partial charge in [-0.1, -0.05) is 18.2 Å². The number of hydrogen-bond acceptors (Lipinski definition) is 2. The van der Waals surface area contributed by atoms with Gasteiger partial charge in [-0.25, -0.2) is 4.79 Å². The standard InChI is InChI=1S/C14H20N2O2/c1-15-10-11-16(14(15)17)9-5-6-12-18-13-7-3-2-4-8-13/h2-4,7-8H,5-6,9-12H2,1H3. The number of carbonyl (C=O) groups excluding carboxylic acids is 1. The molecule has 1 aromatic rings. The van der Waals surface area contributed by atoms with Crippen molar-refractivity contribution in [2.75, 3.05) is 33.3 Å². The Balaban J connectivity index is 1.58. The lowest BCUT2D eigenvalue weighted by atomic mass is 10.3. The lowest BCUT2D eigenvalue weighted by Gasteiger charge is -2.15. The van der Waals surface area contributed by atoms with Crippen molar-refractivity contribution < 1.29 is 9.53 Å². The Kier molecular flexibility index (Phi) is 4.45. The molecule has 0 atom stereocenters. The third kappa shape index (κ3) is 3.39. The van der Waals surface area contributed by atoms with Crippen LogP contribution >= 0.6 is 0 Å². The number of amides is 2. The fraction of sp³-hybridized carbons (Fsp3) is 0.500. The summed E-state index contributed by atoms with van der Waals surface area (Å²) in [4.78, 5) is 15.3. The fourth-order valence-electron chi connectivity index (χ4n) is 2.02. The minimum Gasteiger partial charge on any atom is -0.494 e. The van der Waals surface area contributed by atoms with Crippen LogP contribution in [0, 0.1) is 0 Å². The average molecular weight is 248 g/mol. The zero-order chi connectivity index (χ0) is 12.8. The lowest BCUT2D eigenvalue weighted by molar-refractivity contribution is 0.196. The number of benzene rings is 1. The molecule has 0 unspecified atom stereocenters. The molecule has 0 aliphatic carbocycles. The highest BCUT2D eigenvalue weighted by Crippen LogP contribution is 2.10. The summed E-state index contributed by atoms with van der Waals surface area (Å²) in [6.07, 6.45) is 1.97. The van der Waals surface area contributed by atoms with Crippen LogP contribution in [0.2, 0.25) is 0 Å². The van der Waals surface area contributed by atoms with Gasteiger partial charge in [0.1, 0.15) is 5.75 Å². The molecule has 4 nitrogen and oxygen atoms in total. The van der Waals surface area contributed by atoms with Crippen molar-refractivity contribution in [2.45, 2.75) is 12.8 Å². The van der Waals surface area contributed by atoms with E-state index in [0.717, 1.165) is 38.2 Å². The SMILES string of the molecule is CN1CCN(CCCCOc2ccccc2)C1=O. The topological polar surface area (TPSA) is 32.8 Å². The molecule has 1 aliphatic rings. The van der Waals surface area contributed by atoms with Crippen LogP contribution in [-0.2, 0) is 0 Å². The Hall–Kier alpha value is -1.71. The molecule has 4 heteroatoms. The molecule has 0 aromatic heterocycles. The number of unbranched alkanes of at least 4 members (excludes halogenated alkanes) is 1. The summed E-state index contributed by atoms with van der Waals surface area (Å²) in [6, 6.07) is 9.97. The number of ether oxygens (including phenoxy) is 1. The molecule has 2 rings (SSSR count). The zero-order valence-corrected chi connectivity index (χ0v) is 10.8. The average Bonchev–Trinajstić information content (AvgIpc) is 2.71. The van der Waals surface area contributed by atoms with E-state index in [1.807, 2.05) is 42.3 Å². The third-order valence-corrected chi connectivity index (χ3v) is 3.14. The van der Waals surface area contributed by atoms with Crippen LogP contribution in [0.4, 0.5) is 4.79 Å². The van der Waals surface area contributed by atoms with Gasteiger partial charge in [0.15, 0.2) is 0 Å². The minimum atomic E-state index is 0.152. The van der Waals surface area contributed by atoms with Crippen LogP contribution < -0.4 is 4.74 Å². The monoisotopic (exact) mass is 248 g/mol. The second-order valence-electron chi connectivity index (χ2n) is 4.56. The number of likely N-dealkylation sites (N-methyl/N-ethyl adjacent to an activating group) is 1. The van der Waals surface area contributed by atoms with Crippen LogP contribution in [0.3, 0.4) is 0 Å². The Morgan fingerprint density at radius 2 is 1.94 bits per heavy atom. The second-order valence-corrected chi connectivity index (χ2v) is 4.56. The highest BCUT2D eigenvalue weighted by Gasteiger charge is 2.24. The molecule has 2 amide bonds. The van der Waals surface area contributed by atoms with E-state index in [0.29, 0.717) is 6.61 Å². The number of hydrogen-bond donors (Lipinski definition) is 0. The van der Waals surface area contributed by atoms with Gasteiger partial charge in [-0.3, -0.25) is 0 Å². The van der Waals surface area contributed by atoms with Gasteiger partial charge in [-0.2, -0.15) is 0 Å². The Labute approximate surface area is 108 Å². The van der Waals surface area contributed by atoms with Crippen LogP contribution in [-0.4, -0.2) is 49.1 Å². The largest absolute Gasteiger partial charge is 0.494 e. The first-order valence-electron chi connectivity index (χ1n) is 6.45. The van der Waals surface area contributed by atoms with Crippen molar-refractivity contribution in [2.24, 2.45) is 0 Å². The van der Waals surface area contributed by atoms with Gasteiger partial charge in [0.2, 0.25) is 0 Å². The first kappa shape index (κ1) is 12.7. The number of nitrogens with zero attached hydrogens (tertiary/aromatic N) is 2. The molecule has 0 bridgehead atoms. The molecule has 1 aromatic carbocycles. The summed E-state index contributed by atoms with van der Waals surface area (Å²) in [5, 5.41) is 0. The fourth-order valence-corrected chi connectivity index (χ4v) is 2.02. The van der Waals surface area contributed by atoms with Crippen molar-refractivity contribution in [3.8, 4) is 5.75 Å². The maximum absolute atomic E-state index is 11.6. The van der Waals surface area contributed by atoms with E-state index >= 15 is 0 Å². The van der Waals surface area contributed by atoms with Gasteiger partial charge in [0.25, 0.3) is 0 Å². The van der Waals surface area contributed by atoms with Crippen LogP contribution in [0.25, 0.3) is 0 Å². The molecule has 0 radical (unpaired) electrons. The van der Waals surface area contributed by atoms with E-state index in [4.69, 9.17) is 4.74 Å². The van der Waals surface area contributed by atoms with Crippen LogP contribution in [0.5, 0.6) is 5.75 Å². The first-order chi connectivity index (χ1) is 8.77. The molecule has 1 fully saturated rings. The number of urea groups is 1. The number of carbonyl (C=O) groups is 1. The predicted octanol–water partition coefficient (Wildman–Crippen LogP) is 2.21. The molecule has 0 N–H and O–H groups in total. The van der Waals surface area contributed by atoms with Gasteiger partial charge >= 0.3 is 6.03 Å². The summed E-state index contributed by atoms with van der Waals surface area (Å²) >= 11 is 0. The summed E-state index contributed by atoms with van der Waals surface area (Å²) in [5.74, 6) is 0.912. The van der Waals surface area contributed by atoms with Crippen molar-refractivity contribution >= 4 is 6.03 Å². The molecular formula is C14H20N2O2. The van der Waals surface area contributed by atoms with E-state index in [2.05, 4.69) is 0 Å². The van der Waals surface area contributed by atoms with Gasteiger partial charge in [0.05, 0.1) is 6.61 Å². The molecule has 18 heavy (non-hydrogen) atoms. The van der Waals surface area contributed by atoms with E-state index < -0.39 is 0 Å². The second kappa shape index (κ2) is 6.28. The van der Waals surface area contributed by atoms with E-state index in [1.165, 1.54) is 0 Å². The van der Waals surface area contributed by atoms with Crippen LogP contribution in [0.1, 0.15) is 12.8 Å². The molecule has 1 aliphatic heterocycles. The van der Waals surface area contributed by atoms with Crippen LogP contribution in [0.15, 0.2) is 30.3 Å². The highest BCUT2D eigenvalue weighted by molar-refractivity contribution is 5.76. The number of rotatable bonds is 6. The Morgan fingerprint density at radius 1 is 1.17 bits per heavy atom. The molecule has 1 saturated heterocycles. The minimum absolute atomic E-state index is 0.152. The van der Waals surface area contributed by atoms with E-state index in [-0.39, 0.29) is 6.03 Å². The summed E-state index contributed by atoms with van der Waals surface area (Å²) in [6.45, 7) is 3.25. The highest BCUT2D eigenvalue weighted by atomic mass is 16.5. The predicted molar refractivity (Wildman–Crippen MR) is 70.8 cm³/mol. The Morgan fingerprint density at radius 3 is 2.61 bits per heavy atom. The molecule has 0 spiro atoms. The molecule has 0 saturated carbocycles. The zero-order valence-electron chi connectivity index (χ0n) is 10.8. The van der Waals surface area contributed by atoms with Crippen molar-refractivity contribution in [3.63, 3.8) is 0 Å². The van der Waals surface area contributed by atoms with Gasteiger partial charge in [-0.05, 0) is 25.0 Å². The smallest absolute Gasteiger partial charge is 0.319 e. The quantitative estimate of drug-likeness (QED) is 0.723. The first-order valence-corrected chi connectivity index (χ1v) is 6.45.